The van der Waals surface area contributed by atoms with E-state index in [1.807, 2.05) is 31.4 Å². The molecule has 0 aliphatic heterocycles. The second kappa shape index (κ2) is 8.87. The number of nitrogens with one attached hydrogen (secondary N) is 2. The number of urea groups is 1. The van der Waals surface area contributed by atoms with Crippen LogP contribution in [0.1, 0.15) is 24.5 Å². The Labute approximate surface area is 125 Å². The van der Waals surface area contributed by atoms with Crippen LogP contribution >= 0.6 is 11.8 Å². The molecule has 0 heterocycles. The summed E-state index contributed by atoms with van der Waals surface area (Å²) in [6, 6.07) is 5.79. The molecule has 1 aromatic carbocycles. The summed E-state index contributed by atoms with van der Waals surface area (Å²) < 4.78 is 0. The number of carbonyl (C=O) groups is 1. The van der Waals surface area contributed by atoms with Gasteiger partial charge >= 0.3 is 6.03 Å². The molecule has 0 unspecified atom stereocenters. The highest BCUT2D eigenvalue weighted by Crippen LogP contribution is 2.20. The molecule has 0 fully saturated rings. The van der Waals surface area contributed by atoms with Gasteiger partial charge in [-0.25, -0.2) is 4.79 Å². The van der Waals surface area contributed by atoms with Gasteiger partial charge < -0.3 is 15.7 Å². The minimum atomic E-state index is -0.207. The molecule has 0 bridgehead atoms. The Morgan fingerprint density at radius 2 is 2.20 bits per heavy atom. The van der Waals surface area contributed by atoms with Crippen molar-refractivity contribution in [1.29, 1.82) is 0 Å². The van der Waals surface area contributed by atoms with Gasteiger partial charge in [0.25, 0.3) is 0 Å². The van der Waals surface area contributed by atoms with Gasteiger partial charge in [-0.15, -0.1) is 0 Å². The van der Waals surface area contributed by atoms with Crippen LogP contribution in [-0.2, 0) is 6.42 Å². The number of hydrogen-bond donors (Lipinski definition) is 3. The van der Waals surface area contributed by atoms with Gasteiger partial charge in [-0.05, 0) is 37.1 Å². The number of aryl methyl sites for hydroxylation is 2. The van der Waals surface area contributed by atoms with E-state index in [1.165, 1.54) is 0 Å². The molecule has 5 heteroatoms. The fraction of sp³-hybridized carbons (Fsp3) is 0.533. The summed E-state index contributed by atoms with van der Waals surface area (Å²) in [7, 11) is 0. The molecule has 0 saturated heterocycles. The second-order valence-electron chi connectivity index (χ2n) is 4.73. The number of rotatable bonds is 7. The van der Waals surface area contributed by atoms with Crippen LogP contribution in [0.15, 0.2) is 18.2 Å². The number of anilines is 1. The first-order valence-corrected chi connectivity index (χ1v) is 8.27. The molecule has 0 spiro atoms. The number of benzene rings is 1. The SMILES string of the molecule is CCc1cccc(C)c1NC(=O)N[C@@H](CCO)CSC. The molecule has 0 aliphatic rings. The van der Waals surface area contributed by atoms with Crippen LogP contribution in [0.25, 0.3) is 0 Å². The minimum Gasteiger partial charge on any atom is -0.396 e. The number of carbonyl (C=O) groups excluding carboxylic acids is 1. The van der Waals surface area contributed by atoms with Crippen LogP contribution in [0, 0.1) is 6.92 Å². The molecule has 20 heavy (non-hydrogen) atoms. The van der Waals surface area contributed by atoms with Crippen molar-refractivity contribution < 1.29 is 9.90 Å². The number of aliphatic hydroxyl groups is 1. The first kappa shape index (κ1) is 16.9. The first-order chi connectivity index (χ1) is 9.62. The van der Waals surface area contributed by atoms with Gasteiger partial charge in [0.05, 0.1) is 0 Å². The van der Waals surface area contributed by atoms with Crippen LogP contribution in [0.3, 0.4) is 0 Å². The molecule has 0 radical (unpaired) electrons. The molecule has 3 N–H and O–H groups in total. The summed E-state index contributed by atoms with van der Waals surface area (Å²) in [5, 5.41) is 14.9. The highest BCUT2D eigenvalue weighted by molar-refractivity contribution is 7.98. The Morgan fingerprint density at radius 3 is 2.80 bits per heavy atom. The third-order valence-corrected chi connectivity index (χ3v) is 3.89. The monoisotopic (exact) mass is 296 g/mol. The Kier molecular flexibility index (Phi) is 7.47. The Balaban J connectivity index is 2.70. The van der Waals surface area contributed by atoms with Crippen molar-refractivity contribution in [3.8, 4) is 0 Å². The van der Waals surface area contributed by atoms with E-state index < -0.39 is 0 Å². The molecule has 2 amide bonds. The van der Waals surface area contributed by atoms with Gasteiger partial charge in [0, 0.05) is 24.1 Å². The van der Waals surface area contributed by atoms with Crippen molar-refractivity contribution in [2.45, 2.75) is 32.7 Å². The molecule has 1 rings (SSSR count). The molecule has 4 nitrogen and oxygen atoms in total. The van der Waals surface area contributed by atoms with E-state index in [1.54, 1.807) is 11.8 Å². The van der Waals surface area contributed by atoms with E-state index >= 15 is 0 Å². The van der Waals surface area contributed by atoms with Crippen LogP contribution in [0.2, 0.25) is 0 Å². The van der Waals surface area contributed by atoms with Crippen molar-refractivity contribution in [2.24, 2.45) is 0 Å². The van der Waals surface area contributed by atoms with Crippen LogP contribution in [-0.4, -0.2) is 35.8 Å². The first-order valence-electron chi connectivity index (χ1n) is 6.88. The van der Waals surface area contributed by atoms with E-state index in [-0.39, 0.29) is 18.7 Å². The summed E-state index contributed by atoms with van der Waals surface area (Å²) in [4.78, 5) is 12.1. The molecular weight excluding hydrogens is 272 g/mol. The summed E-state index contributed by atoms with van der Waals surface area (Å²) in [6.45, 7) is 4.14. The van der Waals surface area contributed by atoms with Gasteiger partial charge in [-0.2, -0.15) is 11.8 Å². The third kappa shape index (κ3) is 5.06. The zero-order valence-corrected chi connectivity index (χ0v) is 13.2. The standard InChI is InChI=1S/C15H24N2O2S/c1-4-12-7-5-6-11(2)14(12)17-15(19)16-13(8-9-18)10-20-3/h5-7,13,18H,4,8-10H2,1-3H3,(H2,16,17,19)/t13-/m0/s1. The van der Waals surface area contributed by atoms with Crippen molar-refractivity contribution in [3.63, 3.8) is 0 Å². The van der Waals surface area contributed by atoms with Gasteiger partial charge in [-0.3, -0.25) is 0 Å². The molecule has 0 saturated carbocycles. The van der Waals surface area contributed by atoms with E-state index in [2.05, 4.69) is 17.6 Å². The van der Waals surface area contributed by atoms with Crippen molar-refractivity contribution in [3.05, 3.63) is 29.3 Å². The van der Waals surface area contributed by atoms with Crippen molar-refractivity contribution in [2.75, 3.05) is 23.9 Å². The molecule has 112 valence electrons. The predicted molar refractivity (Wildman–Crippen MR) is 86.6 cm³/mol. The van der Waals surface area contributed by atoms with E-state index in [9.17, 15) is 4.79 Å². The lowest BCUT2D eigenvalue weighted by molar-refractivity contribution is 0.241. The molecule has 0 aromatic heterocycles. The summed E-state index contributed by atoms with van der Waals surface area (Å²) in [5.74, 6) is 0.794. The van der Waals surface area contributed by atoms with Gasteiger partial charge in [0.1, 0.15) is 0 Å². The second-order valence-corrected chi connectivity index (χ2v) is 5.64. The lowest BCUT2D eigenvalue weighted by Crippen LogP contribution is -2.40. The number of aliphatic hydroxyl groups excluding tert-OH is 1. The van der Waals surface area contributed by atoms with Crippen LogP contribution in [0.4, 0.5) is 10.5 Å². The average Bonchev–Trinajstić information content (AvgIpc) is 2.41. The van der Waals surface area contributed by atoms with Crippen molar-refractivity contribution >= 4 is 23.5 Å². The largest absolute Gasteiger partial charge is 0.396 e. The highest BCUT2D eigenvalue weighted by atomic mass is 32.2. The van der Waals surface area contributed by atoms with Gasteiger partial charge in [0.15, 0.2) is 0 Å². The fourth-order valence-corrected chi connectivity index (χ4v) is 2.74. The number of para-hydroxylation sites is 1. The fourth-order valence-electron chi connectivity index (χ4n) is 2.09. The Morgan fingerprint density at radius 1 is 1.45 bits per heavy atom. The quantitative estimate of drug-likeness (QED) is 0.725. The number of amides is 2. The number of thioether (sulfide) groups is 1. The Bertz CT molecular complexity index is 432. The van der Waals surface area contributed by atoms with Crippen LogP contribution in [0.5, 0.6) is 0 Å². The van der Waals surface area contributed by atoms with E-state index in [0.29, 0.717) is 6.42 Å². The normalized spacial score (nSPS) is 12.0. The maximum Gasteiger partial charge on any atom is 0.319 e. The zero-order chi connectivity index (χ0) is 15.0. The van der Waals surface area contributed by atoms with Crippen LogP contribution < -0.4 is 10.6 Å². The topological polar surface area (TPSA) is 61.4 Å². The molecule has 1 atom stereocenters. The van der Waals surface area contributed by atoms with E-state index in [4.69, 9.17) is 5.11 Å². The van der Waals surface area contributed by atoms with E-state index in [0.717, 1.165) is 29.0 Å². The predicted octanol–water partition coefficient (Wildman–Crippen LogP) is 2.79. The zero-order valence-electron chi connectivity index (χ0n) is 12.4. The molecular formula is C15H24N2O2S. The smallest absolute Gasteiger partial charge is 0.319 e. The maximum absolute atomic E-state index is 12.1. The minimum absolute atomic E-state index is 0.0101. The highest BCUT2D eigenvalue weighted by Gasteiger charge is 2.13. The lowest BCUT2D eigenvalue weighted by atomic mass is 10.1. The molecule has 0 aliphatic carbocycles. The van der Waals surface area contributed by atoms with Crippen molar-refractivity contribution in [1.82, 2.24) is 5.32 Å². The molecule has 1 aromatic rings. The third-order valence-electron chi connectivity index (χ3n) is 3.16. The lowest BCUT2D eigenvalue weighted by Gasteiger charge is -2.19. The average molecular weight is 296 g/mol. The maximum atomic E-state index is 12.1. The summed E-state index contributed by atoms with van der Waals surface area (Å²) in [5.41, 5.74) is 3.08. The number of hydrogen-bond acceptors (Lipinski definition) is 3. The van der Waals surface area contributed by atoms with Gasteiger partial charge in [-0.1, -0.05) is 25.1 Å². The Hall–Kier alpha value is -1.20. The summed E-state index contributed by atoms with van der Waals surface area (Å²) in [6.07, 6.45) is 3.44. The summed E-state index contributed by atoms with van der Waals surface area (Å²) >= 11 is 1.66. The van der Waals surface area contributed by atoms with Gasteiger partial charge in [0.2, 0.25) is 0 Å².